The minimum atomic E-state index is -0.228. The molecular formula is C23H19N3O. The second-order valence-corrected chi connectivity index (χ2v) is 6.30. The lowest BCUT2D eigenvalue weighted by molar-refractivity contribution is 0.0955. The number of carbonyl (C=O) groups excluding carboxylic acids is 1. The van der Waals surface area contributed by atoms with Crippen LogP contribution in [0.15, 0.2) is 96.4 Å². The fourth-order valence-electron chi connectivity index (χ4n) is 3.09. The fourth-order valence-corrected chi connectivity index (χ4v) is 3.09. The summed E-state index contributed by atoms with van der Waals surface area (Å²) in [5, 5.41) is 6.57. The molecule has 3 aromatic carbocycles. The molecule has 0 radical (unpaired) electrons. The molecule has 0 saturated heterocycles. The van der Waals surface area contributed by atoms with Gasteiger partial charge in [0.25, 0.3) is 5.91 Å². The van der Waals surface area contributed by atoms with E-state index in [2.05, 4.69) is 28.7 Å². The van der Waals surface area contributed by atoms with Crippen LogP contribution >= 0.6 is 0 Å². The second-order valence-electron chi connectivity index (χ2n) is 6.30. The summed E-state index contributed by atoms with van der Waals surface area (Å²) in [5.74, 6) is -0.228. The first kappa shape index (κ1) is 16.8. The number of nitrogens with one attached hydrogen (secondary N) is 1. The summed E-state index contributed by atoms with van der Waals surface area (Å²) < 4.78 is 1.99. The maximum absolute atomic E-state index is 12.4. The van der Waals surface area contributed by atoms with Crippen LogP contribution in [0.1, 0.15) is 22.8 Å². The first-order valence-electron chi connectivity index (χ1n) is 8.78. The Morgan fingerprint density at radius 3 is 2.33 bits per heavy atom. The first-order valence-corrected chi connectivity index (χ1v) is 8.78. The zero-order valence-electron chi connectivity index (χ0n) is 15.0. The minimum absolute atomic E-state index is 0.228. The molecule has 0 atom stereocenters. The smallest absolute Gasteiger partial charge is 0.271 e. The number of benzene rings is 3. The summed E-state index contributed by atoms with van der Waals surface area (Å²) in [6.07, 6.45) is 3.93. The van der Waals surface area contributed by atoms with Crippen molar-refractivity contribution in [3.05, 3.63) is 102 Å². The van der Waals surface area contributed by atoms with Crippen molar-refractivity contribution in [2.24, 2.45) is 5.10 Å². The molecule has 27 heavy (non-hydrogen) atoms. The molecule has 1 amide bonds. The monoisotopic (exact) mass is 353 g/mol. The average molecular weight is 353 g/mol. The average Bonchev–Trinajstić information content (AvgIpc) is 3.26. The first-order chi connectivity index (χ1) is 13.2. The van der Waals surface area contributed by atoms with Crippen molar-refractivity contribution in [2.75, 3.05) is 0 Å². The molecule has 0 saturated carbocycles. The van der Waals surface area contributed by atoms with E-state index >= 15 is 0 Å². The van der Waals surface area contributed by atoms with Gasteiger partial charge in [-0.2, -0.15) is 5.10 Å². The van der Waals surface area contributed by atoms with E-state index in [0.29, 0.717) is 5.56 Å². The van der Waals surface area contributed by atoms with Crippen LogP contribution < -0.4 is 5.43 Å². The molecule has 0 aliphatic carbocycles. The van der Waals surface area contributed by atoms with Gasteiger partial charge in [0.15, 0.2) is 0 Å². The summed E-state index contributed by atoms with van der Waals surface area (Å²) in [6, 6.07) is 25.6. The predicted octanol–water partition coefficient (Wildman–Crippen LogP) is 4.78. The molecule has 1 heterocycles. The van der Waals surface area contributed by atoms with E-state index in [0.717, 1.165) is 27.7 Å². The van der Waals surface area contributed by atoms with Crippen molar-refractivity contribution in [2.45, 2.75) is 6.92 Å². The highest BCUT2D eigenvalue weighted by atomic mass is 16.2. The second kappa shape index (κ2) is 7.30. The third-order valence-electron chi connectivity index (χ3n) is 4.54. The standard InChI is InChI=1S/C23H19N3O/c1-17(21-10-6-8-18-7-2-3-9-22(18)21)24-25-23(27)19-11-13-20(14-12-19)26-15-4-5-16-26/h2-16H,1H3,(H,25,27)/b24-17+. The molecule has 4 heteroatoms. The quantitative estimate of drug-likeness (QED) is 0.416. The third-order valence-corrected chi connectivity index (χ3v) is 4.54. The number of hydrogen-bond donors (Lipinski definition) is 1. The van der Waals surface area contributed by atoms with Crippen molar-refractivity contribution in [1.82, 2.24) is 9.99 Å². The molecule has 4 rings (SSSR count). The molecule has 132 valence electrons. The summed E-state index contributed by atoms with van der Waals surface area (Å²) >= 11 is 0. The van der Waals surface area contributed by atoms with Gasteiger partial charge in [-0.25, -0.2) is 5.43 Å². The van der Waals surface area contributed by atoms with Crippen molar-refractivity contribution >= 4 is 22.4 Å². The van der Waals surface area contributed by atoms with Crippen molar-refractivity contribution in [3.63, 3.8) is 0 Å². The molecule has 4 nitrogen and oxygen atoms in total. The Hall–Kier alpha value is -3.66. The zero-order chi connectivity index (χ0) is 18.6. The van der Waals surface area contributed by atoms with Gasteiger partial charge in [-0.15, -0.1) is 0 Å². The van der Waals surface area contributed by atoms with E-state index in [-0.39, 0.29) is 5.91 Å². The SMILES string of the molecule is C/C(=N\NC(=O)c1ccc(-n2cccc2)cc1)c1cccc2ccccc12. The van der Waals surface area contributed by atoms with Crippen molar-refractivity contribution in [1.29, 1.82) is 0 Å². The largest absolute Gasteiger partial charge is 0.324 e. The Morgan fingerprint density at radius 2 is 1.56 bits per heavy atom. The lowest BCUT2D eigenvalue weighted by Gasteiger charge is -2.07. The Labute approximate surface area is 157 Å². The van der Waals surface area contributed by atoms with Crippen molar-refractivity contribution in [3.8, 4) is 5.69 Å². The van der Waals surface area contributed by atoms with Gasteiger partial charge < -0.3 is 4.57 Å². The van der Waals surface area contributed by atoms with Gasteiger partial charge in [0.1, 0.15) is 0 Å². The van der Waals surface area contributed by atoms with E-state index in [1.54, 1.807) is 12.1 Å². The molecule has 0 aliphatic rings. The highest BCUT2D eigenvalue weighted by Crippen LogP contribution is 2.19. The number of hydrogen-bond acceptors (Lipinski definition) is 2. The summed E-state index contributed by atoms with van der Waals surface area (Å²) in [4.78, 5) is 12.4. The number of amides is 1. The van der Waals surface area contributed by atoms with Gasteiger partial charge in [-0.3, -0.25) is 4.79 Å². The maximum Gasteiger partial charge on any atom is 0.271 e. The van der Waals surface area contributed by atoms with Crippen LogP contribution in [-0.2, 0) is 0 Å². The van der Waals surface area contributed by atoms with Gasteiger partial charge in [-0.05, 0) is 54.1 Å². The molecule has 1 aromatic heterocycles. The number of carbonyl (C=O) groups is 1. The third kappa shape index (κ3) is 3.51. The van der Waals surface area contributed by atoms with E-state index < -0.39 is 0 Å². The molecular weight excluding hydrogens is 334 g/mol. The molecule has 4 aromatic rings. The Morgan fingerprint density at radius 1 is 0.852 bits per heavy atom. The van der Waals surface area contributed by atoms with Gasteiger partial charge in [-0.1, -0.05) is 42.5 Å². The summed E-state index contributed by atoms with van der Waals surface area (Å²) in [7, 11) is 0. The Kier molecular flexibility index (Phi) is 4.54. The normalized spacial score (nSPS) is 11.5. The Balaban J connectivity index is 1.52. The topological polar surface area (TPSA) is 46.4 Å². The number of nitrogens with zero attached hydrogens (tertiary/aromatic N) is 2. The molecule has 0 bridgehead atoms. The molecule has 0 spiro atoms. The van der Waals surface area contributed by atoms with Crippen LogP contribution in [0.5, 0.6) is 0 Å². The molecule has 0 aliphatic heterocycles. The summed E-state index contributed by atoms with van der Waals surface area (Å²) in [6.45, 7) is 1.90. The predicted molar refractivity (Wildman–Crippen MR) is 109 cm³/mol. The van der Waals surface area contributed by atoms with Gasteiger partial charge >= 0.3 is 0 Å². The summed E-state index contributed by atoms with van der Waals surface area (Å²) in [5.41, 5.74) is 6.01. The van der Waals surface area contributed by atoms with E-state index in [1.165, 1.54) is 0 Å². The maximum atomic E-state index is 12.4. The van der Waals surface area contributed by atoms with Crippen LogP contribution in [-0.4, -0.2) is 16.2 Å². The zero-order valence-corrected chi connectivity index (χ0v) is 15.0. The lowest BCUT2D eigenvalue weighted by atomic mass is 10.0. The molecule has 0 fully saturated rings. The number of hydrazone groups is 1. The van der Waals surface area contributed by atoms with Crippen LogP contribution in [0.2, 0.25) is 0 Å². The highest BCUT2D eigenvalue weighted by Gasteiger charge is 2.07. The molecule has 1 N–H and O–H groups in total. The minimum Gasteiger partial charge on any atom is -0.324 e. The molecule has 0 unspecified atom stereocenters. The number of rotatable bonds is 4. The van der Waals surface area contributed by atoms with Gasteiger partial charge in [0.05, 0.1) is 5.71 Å². The highest BCUT2D eigenvalue weighted by molar-refractivity contribution is 6.10. The number of fused-ring (bicyclic) bond motifs is 1. The van der Waals surface area contributed by atoms with Gasteiger partial charge in [0, 0.05) is 29.2 Å². The fraction of sp³-hybridized carbons (Fsp3) is 0.0435. The van der Waals surface area contributed by atoms with Gasteiger partial charge in [0.2, 0.25) is 0 Å². The Bertz CT molecular complexity index is 1100. The van der Waals surface area contributed by atoms with Crippen LogP contribution in [0.4, 0.5) is 0 Å². The lowest BCUT2D eigenvalue weighted by Crippen LogP contribution is -2.19. The van der Waals surface area contributed by atoms with Crippen molar-refractivity contribution < 1.29 is 4.79 Å². The van der Waals surface area contributed by atoms with Crippen LogP contribution in [0.25, 0.3) is 16.5 Å². The number of aromatic nitrogens is 1. The van der Waals surface area contributed by atoms with E-state index in [1.807, 2.05) is 72.4 Å². The van der Waals surface area contributed by atoms with E-state index in [4.69, 9.17) is 0 Å². The van der Waals surface area contributed by atoms with E-state index in [9.17, 15) is 4.79 Å². The van der Waals surface area contributed by atoms with Crippen LogP contribution in [0, 0.1) is 0 Å². The van der Waals surface area contributed by atoms with Crippen LogP contribution in [0.3, 0.4) is 0 Å².